The summed E-state index contributed by atoms with van der Waals surface area (Å²) in [5, 5.41) is 2.06. The Labute approximate surface area is 115 Å². The van der Waals surface area contributed by atoms with Crippen LogP contribution in [0, 0.1) is 0 Å². The van der Waals surface area contributed by atoms with Gasteiger partial charge in [0.2, 0.25) is 0 Å². The van der Waals surface area contributed by atoms with Gasteiger partial charge in [0.15, 0.2) is 6.29 Å². The first-order valence-corrected chi connectivity index (χ1v) is 7.34. The zero-order chi connectivity index (χ0) is 12.7. The lowest BCUT2D eigenvalue weighted by Crippen LogP contribution is -2.24. The maximum atomic E-state index is 11.2. The van der Waals surface area contributed by atoms with Gasteiger partial charge < -0.3 is 0 Å². The number of hydrogen-bond acceptors (Lipinski definition) is 3. The van der Waals surface area contributed by atoms with Gasteiger partial charge in [0, 0.05) is 28.2 Å². The van der Waals surface area contributed by atoms with Gasteiger partial charge in [0.25, 0.3) is 0 Å². The van der Waals surface area contributed by atoms with Gasteiger partial charge in [-0.2, -0.15) is 0 Å². The van der Waals surface area contributed by atoms with Crippen LogP contribution in [0.5, 0.6) is 0 Å². The summed E-state index contributed by atoms with van der Waals surface area (Å²) in [5.41, 5.74) is 2.38. The lowest BCUT2D eigenvalue weighted by atomic mass is 10.0. The molecule has 0 saturated carbocycles. The van der Waals surface area contributed by atoms with Crippen LogP contribution in [0.15, 0.2) is 12.1 Å². The maximum absolute atomic E-state index is 11.2. The summed E-state index contributed by atoms with van der Waals surface area (Å²) in [6, 6.07) is 3.99. The standard InChI is InChI=1S/C14H14ClNOS/c1-2-16-6-5-9-11(15)3-4-12-14(9)10(7-16)13(8-17)18-12/h3-4,8H,2,5-7H2,1H3. The smallest absolute Gasteiger partial charge is 0.160 e. The molecule has 1 aromatic carbocycles. The van der Waals surface area contributed by atoms with Crippen molar-refractivity contribution < 1.29 is 4.79 Å². The number of halogens is 1. The zero-order valence-electron chi connectivity index (χ0n) is 10.2. The zero-order valence-corrected chi connectivity index (χ0v) is 11.8. The highest BCUT2D eigenvalue weighted by Crippen LogP contribution is 2.38. The molecule has 3 rings (SSSR count). The molecule has 0 aliphatic carbocycles. The lowest BCUT2D eigenvalue weighted by molar-refractivity contribution is 0.112. The summed E-state index contributed by atoms with van der Waals surface area (Å²) in [7, 11) is 0. The van der Waals surface area contributed by atoms with Crippen LogP contribution in [-0.4, -0.2) is 24.3 Å². The Morgan fingerprint density at radius 1 is 1.44 bits per heavy atom. The molecule has 0 N–H and O–H groups in total. The topological polar surface area (TPSA) is 20.3 Å². The fourth-order valence-corrected chi connectivity index (χ4v) is 3.97. The second kappa shape index (κ2) is 4.65. The number of aldehydes is 1. The minimum absolute atomic E-state index is 0.831. The predicted molar refractivity (Wildman–Crippen MR) is 76.9 cm³/mol. The molecule has 94 valence electrons. The Kier molecular flexibility index (Phi) is 3.14. The summed E-state index contributed by atoms with van der Waals surface area (Å²) < 4.78 is 1.18. The molecule has 0 spiro atoms. The fourth-order valence-electron chi connectivity index (χ4n) is 2.66. The van der Waals surface area contributed by atoms with Crippen molar-refractivity contribution >= 4 is 39.3 Å². The van der Waals surface area contributed by atoms with E-state index in [4.69, 9.17) is 11.6 Å². The van der Waals surface area contributed by atoms with Gasteiger partial charge in [-0.3, -0.25) is 9.69 Å². The minimum Gasteiger partial charge on any atom is -0.299 e. The van der Waals surface area contributed by atoms with Crippen LogP contribution in [0.4, 0.5) is 0 Å². The molecule has 0 amide bonds. The monoisotopic (exact) mass is 279 g/mol. The molecule has 2 aromatic rings. The number of benzene rings is 1. The van der Waals surface area contributed by atoms with E-state index in [0.29, 0.717) is 0 Å². The van der Waals surface area contributed by atoms with Gasteiger partial charge in [0.1, 0.15) is 0 Å². The number of likely N-dealkylation sites (N-methyl/N-ethyl adjacent to an activating group) is 1. The Balaban J connectivity index is 2.31. The second-order valence-corrected chi connectivity index (χ2v) is 6.07. The van der Waals surface area contributed by atoms with E-state index in [1.165, 1.54) is 21.2 Å². The van der Waals surface area contributed by atoms with E-state index in [0.717, 1.165) is 42.2 Å². The quantitative estimate of drug-likeness (QED) is 0.781. The van der Waals surface area contributed by atoms with Gasteiger partial charge >= 0.3 is 0 Å². The van der Waals surface area contributed by atoms with E-state index >= 15 is 0 Å². The summed E-state index contributed by atoms with van der Waals surface area (Å²) in [4.78, 5) is 14.5. The number of thiophene rings is 1. The largest absolute Gasteiger partial charge is 0.299 e. The molecule has 1 aliphatic rings. The predicted octanol–water partition coefficient (Wildman–Crippen LogP) is 3.75. The summed E-state index contributed by atoms with van der Waals surface area (Å²) in [6.45, 7) is 5.02. The molecule has 18 heavy (non-hydrogen) atoms. The van der Waals surface area contributed by atoms with Crippen LogP contribution >= 0.6 is 22.9 Å². The average Bonchev–Trinajstić information content (AvgIpc) is 2.61. The van der Waals surface area contributed by atoms with Crippen molar-refractivity contribution in [2.45, 2.75) is 19.9 Å². The summed E-state index contributed by atoms with van der Waals surface area (Å²) in [6.07, 6.45) is 1.95. The first-order chi connectivity index (χ1) is 8.74. The number of carbonyl (C=O) groups excluding carboxylic acids is 1. The van der Waals surface area contributed by atoms with Crippen LogP contribution in [0.1, 0.15) is 27.7 Å². The average molecular weight is 280 g/mol. The Morgan fingerprint density at radius 3 is 3.00 bits per heavy atom. The molecule has 0 bridgehead atoms. The molecule has 0 unspecified atom stereocenters. The van der Waals surface area contributed by atoms with Gasteiger partial charge in [-0.25, -0.2) is 0 Å². The van der Waals surface area contributed by atoms with Crippen molar-refractivity contribution in [2.75, 3.05) is 13.1 Å². The van der Waals surface area contributed by atoms with Crippen molar-refractivity contribution in [3.8, 4) is 0 Å². The highest BCUT2D eigenvalue weighted by Gasteiger charge is 2.22. The number of carbonyl (C=O) groups is 1. The molecule has 1 aliphatic heterocycles. The van der Waals surface area contributed by atoms with Gasteiger partial charge in [-0.05, 0) is 36.2 Å². The Morgan fingerprint density at radius 2 is 2.28 bits per heavy atom. The lowest BCUT2D eigenvalue weighted by Gasteiger charge is -2.17. The molecule has 0 atom stereocenters. The molecule has 2 nitrogen and oxygen atoms in total. The fraction of sp³-hybridized carbons (Fsp3) is 0.357. The molecule has 0 radical (unpaired) electrons. The van der Waals surface area contributed by atoms with Crippen molar-refractivity contribution in [2.24, 2.45) is 0 Å². The van der Waals surface area contributed by atoms with E-state index in [2.05, 4.69) is 11.8 Å². The van der Waals surface area contributed by atoms with Gasteiger partial charge in [0.05, 0.1) is 4.88 Å². The molecule has 2 heterocycles. The molecule has 4 heteroatoms. The highest BCUT2D eigenvalue weighted by molar-refractivity contribution is 7.20. The second-order valence-electron chi connectivity index (χ2n) is 4.58. The first-order valence-electron chi connectivity index (χ1n) is 6.15. The Hall–Kier alpha value is -0.900. The maximum Gasteiger partial charge on any atom is 0.160 e. The molecule has 0 saturated heterocycles. The SMILES string of the molecule is CCN1CCc2c(Cl)ccc3sc(C=O)c(c23)C1. The van der Waals surface area contributed by atoms with E-state index in [1.807, 2.05) is 12.1 Å². The first kappa shape index (κ1) is 12.2. The Bertz CT molecular complexity index is 620. The van der Waals surface area contributed by atoms with E-state index in [-0.39, 0.29) is 0 Å². The van der Waals surface area contributed by atoms with Crippen molar-refractivity contribution in [1.82, 2.24) is 4.90 Å². The number of hydrogen-bond donors (Lipinski definition) is 0. The van der Waals surface area contributed by atoms with Crippen molar-refractivity contribution in [3.05, 3.63) is 33.2 Å². The summed E-state index contributed by atoms with van der Waals surface area (Å²) >= 11 is 7.90. The molecule has 1 aromatic heterocycles. The van der Waals surface area contributed by atoms with E-state index < -0.39 is 0 Å². The summed E-state index contributed by atoms with van der Waals surface area (Å²) in [5.74, 6) is 0. The third-order valence-electron chi connectivity index (χ3n) is 3.65. The minimum atomic E-state index is 0.831. The highest BCUT2D eigenvalue weighted by atomic mass is 35.5. The van der Waals surface area contributed by atoms with E-state index in [9.17, 15) is 4.79 Å². The van der Waals surface area contributed by atoms with Crippen LogP contribution in [-0.2, 0) is 13.0 Å². The van der Waals surface area contributed by atoms with Crippen molar-refractivity contribution in [1.29, 1.82) is 0 Å². The third-order valence-corrected chi connectivity index (χ3v) is 5.13. The molecule has 0 fully saturated rings. The van der Waals surface area contributed by atoms with Gasteiger partial charge in [-0.1, -0.05) is 18.5 Å². The normalized spacial score (nSPS) is 15.9. The molecular formula is C14H14ClNOS. The van der Waals surface area contributed by atoms with Crippen LogP contribution in [0.25, 0.3) is 10.1 Å². The number of rotatable bonds is 2. The van der Waals surface area contributed by atoms with Crippen LogP contribution in [0.2, 0.25) is 5.02 Å². The van der Waals surface area contributed by atoms with Crippen LogP contribution < -0.4 is 0 Å². The number of nitrogens with zero attached hydrogens (tertiary/aromatic N) is 1. The third kappa shape index (κ3) is 1.78. The van der Waals surface area contributed by atoms with E-state index in [1.54, 1.807) is 11.3 Å². The van der Waals surface area contributed by atoms with Crippen molar-refractivity contribution in [3.63, 3.8) is 0 Å². The van der Waals surface area contributed by atoms with Gasteiger partial charge in [-0.15, -0.1) is 11.3 Å². The molecular weight excluding hydrogens is 266 g/mol. The van der Waals surface area contributed by atoms with Crippen LogP contribution in [0.3, 0.4) is 0 Å².